The molecule has 1 aromatic rings. The molecule has 3 aliphatic carbocycles. The molecule has 0 saturated heterocycles. The van der Waals surface area contributed by atoms with Gasteiger partial charge in [-0.1, -0.05) is 39.8 Å². The monoisotopic (exact) mass is 426 g/mol. The van der Waals surface area contributed by atoms with E-state index in [4.69, 9.17) is 0 Å². The summed E-state index contributed by atoms with van der Waals surface area (Å²) in [6.45, 7) is 12.8. The lowest BCUT2D eigenvalue weighted by Crippen LogP contribution is -2.33. The third-order valence-electron chi connectivity index (χ3n) is 8.87. The lowest BCUT2D eigenvalue weighted by molar-refractivity contribution is 0.0975. The van der Waals surface area contributed by atoms with Crippen molar-refractivity contribution < 1.29 is 24.9 Å². The largest absolute Gasteiger partial charge is 0.507 e. The van der Waals surface area contributed by atoms with E-state index in [1.165, 1.54) is 5.57 Å². The molecule has 5 heteroatoms. The van der Waals surface area contributed by atoms with Gasteiger partial charge < -0.3 is 15.3 Å². The van der Waals surface area contributed by atoms with Gasteiger partial charge in [-0.25, -0.2) is 0 Å². The van der Waals surface area contributed by atoms with Crippen LogP contribution in [-0.4, -0.2) is 27.4 Å². The van der Waals surface area contributed by atoms with Crippen LogP contribution < -0.4 is 0 Å². The standard InChI is InChI=1S/C26H34O5/c1-6-7-17(28)18-22(29)15(12-27)23(30)21(24(18)31)26(5)11-10-14-13(2)8-9-16-20(19(14)26)25(16,3)4/h12,14,16,19-20,29-31H,2,6-11H2,1,3-5H3/t14-,16+,19+,20+,26-/m0/s1. The van der Waals surface area contributed by atoms with Crippen molar-refractivity contribution in [3.8, 4) is 17.2 Å². The Morgan fingerprint density at radius 2 is 1.77 bits per heavy atom. The van der Waals surface area contributed by atoms with Gasteiger partial charge in [0.1, 0.15) is 22.8 Å². The number of hydrogen-bond donors (Lipinski definition) is 3. The fraction of sp³-hybridized carbons (Fsp3) is 0.615. The zero-order valence-corrected chi connectivity index (χ0v) is 19.0. The lowest BCUT2D eigenvalue weighted by atomic mass is 9.66. The number of aromatic hydroxyl groups is 3. The smallest absolute Gasteiger partial charge is 0.170 e. The van der Waals surface area contributed by atoms with Crippen molar-refractivity contribution in [2.75, 3.05) is 0 Å². The quantitative estimate of drug-likeness (QED) is 0.328. The molecule has 0 radical (unpaired) electrons. The zero-order valence-electron chi connectivity index (χ0n) is 19.0. The van der Waals surface area contributed by atoms with E-state index in [2.05, 4.69) is 20.4 Å². The SMILES string of the molecule is C=C1CC[C@@H]2[C@H]([C@H]3[C@H]1CC[C@]3(C)c1c(O)c(C=O)c(O)c(C(=O)CCC)c1O)C2(C)C. The number of benzene rings is 1. The molecule has 5 atom stereocenters. The Bertz CT molecular complexity index is 975. The molecule has 3 fully saturated rings. The maximum Gasteiger partial charge on any atom is 0.170 e. The summed E-state index contributed by atoms with van der Waals surface area (Å²) in [6.07, 6.45) is 4.77. The van der Waals surface area contributed by atoms with Gasteiger partial charge in [-0.05, 0) is 61.2 Å². The van der Waals surface area contributed by atoms with Gasteiger partial charge in [-0.2, -0.15) is 0 Å². The minimum absolute atomic E-state index is 0.140. The van der Waals surface area contributed by atoms with E-state index in [9.17, 15) is 24.9 Å². The van der Waals surface area contributed by atoms with Crippen LogP contribution in [0.3, 0.4) is 0 Å². The Morgan fingerprint density at radius 1 is 1.10 bits per heavy atom. The maximum atomic E-state index is 12.8. The number of allylic oxidation sites excluding steroid dienone is 1. The Labute approximate surface area is 184 Å². The molecular weight excluding hydrogens is 392 g/mol. The molecule has 0 unspecified atom stereocenters. The van der Waals surface area contributed by atoms with E-state index in [0.29, 0.717) is 31.0 Å². The average Bonchev–Trinajstić information content (AvgIpc) is 3.11. The van der Waals surface area contributed by atoms with Crippen molar-refractivity contribution in [2.45, 2.75) is 71.6 Å². The predicted octanol–water partition coefficient (Wildman–Crippen LogP) is 5.50. The van der Waals surface area contributed by atoms with Gasteiger partial charge in [-0.3, -0.25) is 9.59 Å². The first-order valence-electron chi connectivity index (χ1n) is 11.5. The maximum absolute atomic E-state index is 12.8. The summed E-state index contributed by atoms with van der Waals surface area (Å²) in [5.41, 5.74) is 0.473. The highest BCUT2D eigenvalue weighted by Gasteiger charge is 2.68. The predicted molar refractivity (Wildman–Crippen MR) is 119 cm³/mol. The van der Waals surface area contributed by atoms with Gasteiger partial charge in [0.2, 0.25) is 0 Å². The van der Waals surface area contributed by atoms with Gasteiger partial charge in [-0.15, -0.1) is 0 Å². The molecule has 1 aromatic carbocycles. The molecule has 0 spiro atoms. The first-order valence-corrected chi connectivity index (χ1v) is 11.5. The van der Waals surface area contributed by atoms with Crippen LogP contribution in [0.25, 0.3) is 0 Å². The van der Waals surface area contributed by atoms with Crippen LogP contribution in [0.1, 0.15) is 92.5 Å². The van der Waals surface area contributed by atoms with E-state index in [1.807, 2.05) is 13.8 Å². The fourth-order valence-corrected chi connectivity index (χ4v) is 7.22. The molecule has 3 saturated carbocycles. The molecule has 0 aromatic heterocycles. The summed E-state index contributed by atoms with van der Waals surface area (Å²) in [7, 11) is 0. The second-order valence-corrected chi connectivity index (χ2v) is 10.7. The van der Waals surface area contributed by atoms with Gasteiger partial charge >= 0.3 is 0 Å². The van der Waals surface area contributed by atoms with E-state index in [1.54, 1.807) is 0 Å². The van der Waals surface area contributed by atoms with Crippen LogP contribution in [-0.2, 0) is 5.41 Å². The van der Waals surface area contributed by atoms with Crippen LogP contribution in [0.5, 0.6) is 17.2 Å². The molecule has 0 aliphatic heterocycles. The van der Waals surface area contributed by atoms with Crippen LogP contribution >= 0.6 is 0 Å². The number of hydrogen-bond acceptors (Lipinski definition) is 5. The number of phenols is 3. The second-order valence-electron chi connectivity index (χ2n) is 10.7. The minimum Gasteiger partial charge on any atom is -0.507 e. The first kappa shape index (κ1) is 21.9. The van der Waals surface area contributed by atoms with Crippen molar-refractivity contribution in [1.29, 1.82) is 0 Å². The lowest BCUT2D eigenvalue weighted by Gasteiger charge is -2.38. The third-order valence-corrected chi connectivity index (χ3v) is 8.87. The fourth-order valence-electron chi connectivity index (χ4n) is 7.22. The molecule has 3 N–H and O–H groups in total. The number of phenolic OH excluding ortho intramolecular Hbond substituents is 3. The second kappa shape index (κ2) is 7.11. The number of ketones is 1. The Kier molecular flexibility index (Phi) is 5.03. The molecule has 168 valence electrons. The summed E-state index contributed by atoms with van der Waals surface area (Å²) < 4.78 is 0. The van der Waals surface area contributed by atoms with E-state index < -0.39 is 22.7 Å². The summed E-state index contributed by atoms with van der Waals surface area (Å²) in [6, 6.07) is 0. The molecule has 5 nitrogen and oxygen atoms in total. The van der Waals surface area contributed by atoms with Gasteiger partial charge in [0.05, 0.1) is 5.56 Å². The van der Waals surface area contributed by atoms with Gasteiger partial charge in [0.15, 0.2) is 12.1 Å². The molecule has 0 heterocycles. The summed E-state index contributed by atoms with van der Waals surface area (Å²) in [4.78, 5) is 24.6. The average molecular weight is 427 g/mol. The number of rotatable bonds is 5. The molecule has 0 amide bonds. The number of carbonyl (C=O) groups is 2. The van der Waals surface area contributed by atoms with Crippen molar-refractivity contribution in [2.24, 2.45) is 29.1 Å². The highest BCUT2D eigenvalue weighted by atomic mass is 16.3. The van der Waals surface area contributed by atoms with Crippen LogP contribution in [0.15, 0.2) is 12.2 Å². The highest BCUT2D eigenvalue weighted by Crippen LogP contribution is 2.74. The number of aldehydes is 1. The van der Waals surface area contributed by atoms with Crippen LogP contribution in [0.4, 0.5) is 0 Å². The number of fused-ring (bicyclic) bond motifs is 3. The summed E-state index contributed by atoms with van der Waals surface area (Å²) >= 11 is 0. The summed E-state index contributed by atoms with van der Waals surface area (Å²) in [5.74, 6) is -0.397. The Balaban J connectivity index is 1.94. The van der Waals surface area contributed by atoms with E-state index in [0.717, 1.165) is 19.3 Å². The van der Waals surface area contributed by atoms with Crippen molar-refractivity contribution >= 4 is 12.1 Å². The van der Waals surface area contributed by atoms with Gasteiger partial charge in [0, 0.05) is 17.4 Å². The topological polar surface area (TPSA) is 94.8 Å². The van der Waals surface area contributed by atoms with Crippen LogP contribution in [0.2, 0.25) is 0 Å². The number of carbonyl (C=O) groups excluding carboxylic acids is 2. The molecule has 4 rings (SSSR count). The molecule has 31 heavy (non-hydrogen) atoms. The normalized spacial score (nSPS) is 33.4. The van der Waals surface area contributed by atoms with Gasteiger partial charge in [0.25, 0.3) is 0 Å². The first-order chi connectivity index (χ1) is 14.5. The zero-order chi connectivity index (χ0) is 22.9. The summed E-state index contributed by atoms with van der Waals surface area (Å²) in [5, 5.41) is 32.9. The van der Waals surface area contributed by atoms with Crippen LogP contribution in [0, 0.1) is 29.1 Å². The van der Waals surface area contributed by atoms with E-state index in [-0.39, 0.29) is 46.1 Å². The van der Waals surface area contributed by atoms with E-state index >= 15 is 0 Å². The molecule has 3 aliphatic rings. The highest BCUT2D eigenvalue weighted by molar-refractivity contribution is 6.05. The molecule has 0 bridgehead atoms. The van der Waals surface area contributed by atoms with Crippen molar-refractivity contribution in [3.05, 3.63) is 28.8 Å². The van der Waals surface area contributed by atoms with Crippen molar-refractivity contribution in [3.63, 3.8) is 0 Å². The van der Waals surface area contributed by atoms with Crippen molar-refractivity contribution in [1.82, 2.24) is 0 Å². The molecular formula is C26H34O5. The number of Topliss-reactive ketones (excluding diaryl/α,β-unsaturated/α-hetero) is 1. The Morgan fingerprint density at radius 3 is 2.39 bits per heavy atom. The Hall–Kier alpha value is -2.30. The minimum atomic E-state index is -0.629. The third kappa shape index (κ3) is 2.88.